The fraction of sp³-hybridized carbons (Fsp3) is 0. The molecule has 0 saturated carbocycles. The average molecular weight is 287 g/mol. The zero-order valence-corrected chi connectivity index (χ0v) is 11.0. The molecule has 0 aliphatic carbocycles. The molecule has 3 aromatic rings. The molecule has 7 heteroatoms. The number of aromatic nitrogens is 2. The summed E-state index contributed by atoms with van der Waals surface area (Å²) in [6.45, 7) is 0. The molecule has 2 N–H and O–H groups in total. The molecule has 3 rings (SSSR count). The van der Waals surface area contributed by atoms with Gasteiger partial charge in [-0.05, 0) is 24.3 Å². The van der Waals surface area contributed by atoms with E-state index in [-0.39, 0.29) is 5.88 Å². The predicted octanol–water partition coefficient (Wildman–Crippen LogP) is 2.10. The Bertz CT molecular complexity index is 789. The smallest absolute Gasteiger partial charge is 0.250 e. The zero-order valence-electron chi connectivity index (χ0n) is 10.1. The summed E-state index contributed by atoms with van der Waals surface area (Å²) in [5.74, 6) is 0.204. The summed E-state index contributed by atoms with van der Waals surface area (Å²) < 4.78 is 7.23. The first-order valence-electron chi connectivity index (χ1n) is 5.67. The van der Waals surface area contributed by atoms with Gasteiger partial charge in [0.15, 0.2) is 16.9 Å². The lowest BCUT2D eigenvalue weighted by Crippen LogP contribution is -2.10. The van der Waals surface area contributed by atoms with Gasteiger partial charge in [-0.15, -0.1) is 11.3 Å². The van der Waals surface area contributed by atoms with E-state index in [0.717, 1.165) is 0 Å². The molecule has 0 radical (unpaired) electrons. The topological polar surface area (TPSA) is 86.7 Å². The summed E-state index contributed by atoms with van der Waals surface area (Å²) in [4.78, 5) is 27.0. The van der Waals surface area contributed by atoms with Crippen molar-refractivity contribution in [3.8, 4) is 11.6 Å². The molecule has 20 heavy (non-hydrogen) atoms. The summed E-state index contributed by atoms with van der Waals surface area (Å²) in [6, 6.07) is 6.30. The number of carbonyl (C=O) groups is 2. The van der Waals surface area contributed by atoms with Gasteiger partial charge in [-0.1, -0.05) is 0 Å². The number of rotatable bonds is 4. The van der Waals surface area contributed by atoms with Crippen LogP contribution >= 0.6 is 11.3 Å². The minimum absolute atomic E-state index is 0.235. The van der Waals surface area contributed by atoms with E-state index in [1.165, 1.54) is 11.3 Å². The van der Waals surface area contributed by atoms with E-state index in [0.29, 0.717) is 28.3 Å². The van der Waals surface area contributed by atoms with Gasteiger partial charge in [0, 0.05) is 17.1 Å². The second kappa shape index (κ2) is 4.78. The quantitative estimate of drug-likeness (QED) is 0.744. The van der Waals surface area contributed by atoms with E-state index in [1.54, 1.807) is 34.9 Å². The minimum atomic E-state index is -0.507. The van der Waals surface area contributed by atoms with Gasteiger partial charge < -0.3 is 10.5 Å². The SMILES string of the molecule is NC(=O)c1ccc(Oc2nc3sccn3c2C=O)cc1. The van der Waals surface area contributed by atoms with Gasteiger partial charge in [0.1, 0.15) is 5.75 Å². The van der Waals surface area contributed by atoms with E-state index < -0.39 is 5.91 Å². The summed E-state index contributed by atoms with van der Waals surface area (Å²) in [5, 5.41) is 1.83. The molecule has 0 aliphatic rings. The molecule has 0 saturated heterocycles. The number of thiazole rings is 1. The summed E-state index contributed by atoms with van der Waals surface area (Å²) in [6.07, 6.45) is 2.44. The van der Waals surface area contributed by atoms with Crippen LogP contribution in [0.15, 0.2) is 35.8 Å². The first-order valence-corrected chi connectivity index (χ1v) is 6.55. The number of carbonyl (C=O) groups excluding carboxylic acids is 2. The number of nitrogens with two attached hydrogens (primary N) is 1. The Hall–Kier alpha value is -2.67. The van der Waals surface area contributed by atoms with Gasteiger partial charge in [-0.3, -0.25) is 14.0 Å². The Morgan fingerprint density at radius 3 is 2.75 bits per heavy atom. The number of imidazole rings is 1. The van der Waals surface area contributed by atoms with Crippen molar-refractivity contribution in [3.05, 3.63) is 47.1 Å². The van der Waals surface area contributed by atoms with E-state index in [1.807, 2.05) is 5.38 Å². The highest BCUT2D eigenvalue weighted by Gasteiger charge is 2.14. The maximum absolute atomic E-state index is 11.1. The summed E-state index contributed by atoms with van der Waals surface area (Å²) >= 11 is 1.41. The third-order valence-electron chi connectivity index (χ3n) is 2.73. The van der Waals surface area contributed by atoms with Gasteiger partial charge in [0.05, 0.1) is 0 Å². The Kier molecular flexibility index (Phi) is 2.96. The minimum Gasteiger partial charge on any atom is -0.437 e. The van der Waals surface area contributed by atoms with E-state index >= 15 is 0 Å². The van der Waals surface area contributed by atoms with Crippen molar-refractivity contribution in [2.24, 2.45) is 5.73 Å². The summed E-state index contributed by atoms with van der Waals surface area (Å²) in [5.41, 5.74) is 5.89. The Labute approximate surface area is 117 Å². The van der Waals surface area contributed by atoms with Crippen LogP contribution in [-0.4, -0.2) is 21.6 Å². The molecule has 0 atom stereocenters. The van der Waals surface area contributed by atoms with Crippen molar-refractivity contribution in [3.63, 3.8) is 0 Å². The maximum Gasteiger partial charge on any atom is 0.250 e. The van der Waals surface area contributed by atoms with Gasteiger partial charge >= 0.3 is 0 Å². The highest BCUT2D eigenvalue weighted by Crippen LogP contribution is 2.26. The van der Waals surface area contributed by atoms with Crippen LogP contribution in [-0.2, 0) is 0 Å². The van der Waals surface area contributed by atoms with Crippen LogP contribution in [0.1, 0.15) is 20.8 Å². The number of primary amides is 1. The molecule has 100 valence electrons. The van der Waals surface area contributed by atoms with E-state index in [4.69, 9.17) is 10.5 Å². The molecule has 2 heterocycles. The number of hydrogen-bond donors (Lipinski definition) is 1. The van der Waals surface area contributed by atoms with Crippen molar-refractivity contribution in [1.29, 1.82) is 0 Å². The monoisotopic (exact) mass is 287 g/mol. The highest BCUT2D eigenvalue weighted by atomic mass is 32.1. The van der Waals surface area contributed by atoms with Crippen LogP contribution < -0.4 is 10.5 Å². The van der Waals surface area contributed by atoms with Crippen LogP contribution in [0.5, 0.6) is 11.6 Å². The number of nitrogens with zero attached hydrogens (tertiary/aromatic N) is 2. The van der Waals surface area contributed by atoms with Crippen LogP contribution in [0, 0.1) is 0 Å². The van der Waals surface area contributed by atoms with Gasteiger partial charge in [-0.2, -0.15) is 4.98 Å². The van der Waals surface area contributed by atoms with Crippen LogP contribution in [0.3, 0.4) is 0 Å². The largest absolute Gasteiger partial charge is 0.437 e. The van der Waals surface area contributed by atoms with E-state index in [2.05, 4.69) is 4.98 Å². The molecule has 1 amide bonds. The van der Waals surface area contributed by atoms with E-state index in [9.17, 15) is 9.59 Å². The predicted molar refractivity (Wildman–Crippen MR) is 73.5 cm³/mol. The van der Waals surface area contributed by atoms with Gasteiger partial charge in [-0.25, -0.2) is 0 Å². The van der Waals surface area contributed by atoms with Gasteiger partial charge in [0.25, 0.3) is 0 Å². The highest BCUT2D eigenvalue weighted by molar-refractivity contribution is 7.15. The lowest BCUT2D eigenvalue weighted by molar-refractivity contribution is 0.1000. The van der Waals surface area contributed by atoms with Crippen LogP contribution in [0.25, 0.3) is 4.96 Å². The molecule has 2 aromatic heterocycles. The first-order chi connectivity index (χ1) is 9.69. The van der Waals surface area contributed by atoms with Crippen molar-refractivity contribution in [2.75, 3.05) is 0 Å². The van der Waals surface area contributed by atoms with Crippen molar-refractivity contribution in [1.82, 2.24) is 9.38 Å². The zero-order chi connectivity index (χ0) is 14.1. The number of benzene rings is 1. The standard InChI is InChI=1S/C13H9N3O3S/c14-11(18)8-1-3-9(4-2-8)19-12-10(7-17)16-5-6-20-13(16)15-12/h1-7H,(H2,14,18). The average Bonchev–Trinajstić information content (AvgIpc) is 2.99. The van der Waals surface area contributed by atoms with Crippen LogP contribution in [0.2, 0.25) is 0 Å². The molecule has 0 unspecified atom stereocenters. The Morgan fingerprint density at radius 2 is 2.10 bits per heavy atom. The van der Waals surface area contributed by atoms with Crippen molar-refractivity contribution >= 4 is 28.5 Å². The van der Waals surface area contributed by atoms with Crippen LogP contribution in [0.4, 0.5) is 0 Å². The lowest BCUT2D eigenvalue weighted by Gasteiger charge is -2.03. The number of ether oxygens (including phenoxy) is 1. The lowest BCUT2D eigenvalue weighted by atomic mass is 10.2. The molecule has 0 spiro atoms. The molecule has 6 nitrogen and oxygen atoms in total. The normalized spacial score (nSPS) is 10.6. The Morgan fingerprint density at radius 1 is 1.35 bits per heavy atom. The fourth-order valence-electron chi connectivity index (χ4n) is 1.76. The number of fused-ring (bicyclic) bond motifs is 1. The second-order valence-electron chi connectivity index (χ2n) is 3.97. The fourth-order valence-corrected chi connectivity index (χ4v) is 2.48. The third kappa shape index (κ3) is 2.04. The summed E-state index contributed by atoms with van der Waals surface area (Å²) in [7, 11) is 0. The number of hydrogen-bond acceptors (Lipinski definition) is 5. The maximum atomic E-state index is 11.1. The number of amides is 1. The molecule has 0 fully saturated rings. The number of aldehydes is 1. The Balaban J connectivity index is 1.94. The van der Waals surface area contributed by atoms with Crippen molar-refractivity contribution in [2.45, 2.75) is 0 Å². The molecular weight excluding hydrogens is 278 g/mol. The molecule has 1 aromatic carbocycles. The van der Waals surface area contributed by atoms with Crippen molar-refractivity contribution < 1.29 is 14.3 Å². The first kappa shape index (κ1) is 12.4. The second-order valence-corrected chi connectivity index (χ2v) is 4.84. The molecule has 0 aliphatic heterocycles. The molecule has 0 bridgehead atoms. The van der Waals surface area contributed by atoms with Gasteiger partial charge in [0.2, 0.25) is 11.8 Å². The third-order valence-corrected chi connectivity index (χ3v) is 3.49. The molecular formula is C13H9N3O3S.